The Labute approximate surface area is 128 Å². The van der Waals surface area contributed by atoms with Gasteiger partial charge in [-0.05, 0) is 53.4 Å². The molecule has 2 rings (SSSR count). The molecule has 20 heavy (non-hydrogen) atoms. The van der Waals surface area contributed by atoms with E-state index in [1.807, 2.05) is 12.1 Å². The van der Waals surface area contributed by atoms with Gasteiger partial charge in [-0.2, -0.15) is 0 Å². The number of halogens is 1. The zero-order valence-electron chi connectivity index (χ0n) is 12.5. The van der Waals surface area contributed by atoms with E-state index >= 15 is 0 Å². The van der Waals surface area contributed by atoms with Gasteiger partial charge in [0.1, 0.15) is 5.75 Å². The molecule has 1 aromatic heterocycles. The first-order chi connectivity index (χ1) is 9.56. The molecule has 3 nitrogen and oxygen atoms in total. The van der Waals surface area contributed by atoms with E-state index in [-0.39, 0.29) is 0 Å². The summed E-state index contributed by atoms with van der Waals surface area (Å²) in [5.74, 6) is 1.43. The highest BCUT2D eigenvalue weighted by Gasteiger charge is 2.13. The normalized spacial score (nSPS) is 11.1. The second kappa shape index (κ2) is 6.44. The molecule has 108 valence electrons. The van der Waals surface area contributed by atoms with Crippen LogP contribution in [-0.2, 0) is 6.42 Å². The van der Waals surface area contributed by atoms with Crippen molar-refractivity contribution in [3.05, 3.63) is 28.4 Å². The van der Waals surface area contributed by atoms with Crippen LogP contribution >= 0.6 is 15.9 Å². The molecule has 1 N–H and O–H groups in total. The van der Waals surface area contributed by atoms with Gasteiger partial charge >= 0.3 is 0 Å². The Balaban J connectivity index is 2.70. The lowest BCUT2D eigenvalue weighted by molar-refractivity contribution is 0.420. The Kier molecular flexibility index (Phi) is 4.86. The number of ether oxygens (including phenoxy) is 1. The Bertz CT molecular complexity index is 611. The van der Waals surface area contributed by atoms with E-state index in [4.69, 9.17) is 9.72 Å². The lowest BCUT2D eigenvalue weighted by Crippen LogP contribution is -2.04. The fraction of sp³-hybridized carbons (Fsp3) is 0.438. The maximum Gasteiger partial charge on any atom is 0.130 e. The van der Waals surface area contributed by atoms with Gasteiger partial charge in [0.2, 0.25) is 0 Å². The molecule has 0 aliphatic carbocycles. The zero-order chi connectivity index (χ0) is 14.7. The third-order valence-electron chi connectivity index (χ3n) is 3.13. The van der Waals surface area contributed by atoms with Gasteiger partial charge in [0.15, 0.2) is 0 Å². The summed E-state index contributed by atoms with van der Waals surface area (Å²) in [7, 11) is 1.69. The van der Waals surface area contributed by atoms with E-state index in [0.717, 1.165) is 45.5 Å². The first-order valence-corrected chi connectivity index (χ1v) is 7.76. The van der Waals surface area contributed by atoms with Crippen molar-refractivity contribution in [2.24, 2.45) is 5.92 Å². The van der Waals surface area contributed by atoms with Gasteiger partial charge in [0.25, 0.3) is 0 Å². The maximum atomic E-state index is 5.49. The van der Waals surface area contributed by atoms with Gasteiger partial charge in [-0.15, -0.1) is 0 Å². The molecule has 0 radical (unpaired) electrons. The number of pyridine rings is 1. The van der Waals surface area contributed by atoms with Crippen molar-refractivity contribution in [2.45, 2.75) is 27.2 Å². The fourth-order valence-electron chi connectivity index (χ4n) is 2.35. The Morgan fingerprint density at radius 3 is 2.70 bits per heavy atom. The summed E-state index contributed by atoms with van der Waals surface area (Å²) >= 11 is 3.60. The van der Waals surface area contributed by atoms with Gasteiger partial charge < -0.3 is 10.1 Å². The second-order valence-corrected chi connectivity index (χ2v) is 6.12. The van der Waals surface area contributed by atoms with Crippen LogP contribution in [-0.4, -0.2) is 18.6 Å². The number of hydrogen-bond donors (Lipinski definition) is 1. The minimum absolute atomic E-state index is 0.582. The quantitative estimate of drug-likeness (QED) is 0.863. The molecule has 0 aliphatic heterocycles. The van der Waals surface area contributed by atoms with Crippen LogP contribution in [0, 0.1) is 5.92 Å². The lowest BCUT2D eigenvalue weighted by atomic mass is 10.0. The van der Waals surface area contributed by atoms with Gasteiger partial charge in [-0.3, -0.25) is 4.98 Å². The molecule has 1 aromatic carbocycles. The molecule has 0 fully saturated rings. The van der Waals surface area contributed by atoms with Crippen molar-refractivity contribution in [1.82, 2.24) is 4.98 Å². The number of aromatic nitrogens is 1. The Morgan fingerprint density at radius 2 is 2.10 bits per heavy atom. The third kappa shape index (κ3) is 3.06. The number of methoxy groups -OCH3 is 1. The van der Waals surface area contributed by atoms with Crippen molar-refractivity contribution in [1.29, 1.82) is 0 Å². The number of nitrogens with zero attached hydrogens (tertiary/aromatic N) is 1. The Morgan fingerprint density at radius 1 is 1.35 bits per heavy atom. The highest BCUT2D eigenvalue weighted by Crippen LogP contribution is 2.36. The molecular weight excluding hydrogens is 316 g/mol. The number of fused-ring (bicyclic) bond motifs is 1. The van der Waals surface area contributed by atoms with Crippen LogP contribution in [0.2, 0.25) is 0 Å². The molecule has 0 amide bonds. The SMILES string of the molecule is CCNc1cc(CC(C)C)nc2c(Br)ccc(OC)c12. The first kappa shape index (κ1) is 15.1. The molecular formula is C16H21BrN2O. The summed E-state index contributed by atoms with van der Waals surface area (Å²) in [6, 6.07) is 6.10. The van der Waals surface area contributed by atoms with Crippen LogP contribution in [0.15, 0.2) is 22.7 Å². The molecule has 0 unspecified atom stereocenters. The number of hydrogen-bond acceptors (Lipinski definition) is 3. The Hall–Kier alpha value is -1.29. The molecule has 0 spiro atoms. The summed E-state index contributed by atoms with van der Waals surface area (Å²) in [4.78, 5) is 4.80. The predicted molar refractivity (Wildman–Crippen MR) is 88.7 cm³/mol. The molecule has 2 aromatic rings. The predicted octanol–water partition coefficient (Wildman–Crippen LogP) is 4.64. The lowest BCUT2D eigenvalue weighted by Gasteiger charge is -2.15. The summed E-state index contributed by atoms with van der Waals surface area (Å²) in [6.45, 7) is 7.38. The minimum atomic E-state index is 0.582. The zero-order valence-corrected chi connectivity index (χ0v) is 14.0. The minimum Gasteiger partial charge on any atom is -0.496 e. The topological polar surface area (TPSA) is 34.2 Å². The monoisotopic (exact) mass is 336 g/mol. The van der Waals surface area contributed by atoms with Gasteiger partial charge in [-0.25, -0.2) is 0 Å². The maximum absolute atomic E-state index is 5.49. The van der Waals surface area contributed by atoms with Crippen LogP contribution < -0.4 is 10.1 Å². The number of nitrogens with one attached hydrogen (secondary N) is 1. The molecule has 1 heterocycles. The van der Waals surface area contributed by atoms with Crippen molar-refractivity contribution < 1.29 is 4.74 Å². The molecule has 4 heteroatoms. The van der Waals surface area contributed by atoms with Crippen LogP contribution in [0.25, 0.3) is 10.9 Å². The highest BCUT2D eigenvalue weighted by molar-refractivity contribution is 9.10. The summed E-state index contributed by atoms with van der Waals surface area (Å²) in [5.41, 5.74) is 3.15. The summed E-state index contributed by atoms with van der Waals surface area (Å²) in [5, 5.41) is 4.46. The number of rotatable bonds is 5. The first-order valence-electron chi connectivity index (χ1n) is 6.96. The summed E-state index contributed by atoms with van der Waals surface area (Å²) < 4.78 is 6.49. The molecule has 0 saturated carbocycles. The van der Waals surface area contributed by atoms with Gasteiger partial charge in [0.05, 0.1) is 18.0 Å². The van der Waals surface area contributed by atoms with E-state index in [0.29, 0.717) is 5.92 Å². The van der Waals surface area contributed by atoms with Gasteiger partial charge in [0, 0.05) is 22.4 Å². The second-order valence-electron chi connectivity index (χ2n) is 5.26. The van der Waals surface area contributed by atoms with Crippen molar-refractivity contribution in [3.8, 4) is 5.75 Å². The third-order valence-corrected chi connectivity index (χ3v) is 3.77. The number of anilines is 1. The van der Waals surface area contributed by atoms with E-state index in [1.54, 1.807) is 7.11 Å². The van der Waals surface area contributed by atoms with E-state index in [9.17, 15) is 0 Å². The summed E-state index contributed by atoms with van der Waals surface area (Å²) in [6.07, 6.45) is 0.970. The van der Waals surface area contributed by atoms with Gasteiger partial charge in [-0.1, -0.05) is 13.8 Å². The van der Waals surface area contributed by atoms with E-state index in [1.165, 1.54) is 0 Å². The van der Waals surface area contributed by atoms with Crippen LogP contribution in [0.5, 0.6) is 5.75 Å². The molecule has 0 saturated heterocycles. The molecule has 0 atom stereocenters. The largest absolute Gasteiger partial charge is 0.496 e. The average molecular weight is 337 g/mol. The highest BCUT2D eigenvalue weighted by atomic mass is 79.9. The average Bonchev–Trinajstić information content (AvgIpc) is 2.39. The van der Waals surface area contributed by atoms with E-state index < -0.39 is 0 Å². The number of benzene rings is 1. The standard InChI is InChI=1S/C16H21BrN2O/c1-5-18-13-9-11(8-10(2)3)19-16-12(17)6-7-14(20-4)15(13)16/h6-7,9-10H,5,8H2,1-4H3,(H,18,19). The van der Waals surface area contributed by atoms with Crippen LogP contribution in [0.3, 0.4) is 0 Å². The van der Waals surface area contributed by atoms with Crippen LogP contribution in [0.1, 0.15) is 26.5 Å². The molecule has 0 bridgehead atoms. The molecule has 0 aliphatic rings. The fourth-order valence-corrected chi connectivity index (χ4v) is 2.77. The van der Waals surface area contributed by atoms with Crippen LogP contribution in [0.4, 0.5) is 5.69 Å². The smallest absolute Gasteiger partial charge is 0.130 e. The van der Waals surface area contributed by atoms with E-state index in [2.05, 4.69) is 48.1 Å². The van der Waals surface area contributed by atoms with Crippen molar-refractivity contribution >= 4 is 32.5 Å². The van der Waals surface area contributed by atoms with Crippen molar-refractivity contribution in [3.63, 3.8) is 0 Å². The van der Waals surface area contributed by atoms with Crippen molar-refractivity contribution in [2.75, 3.05) is 19.0 Å².